The van der Waals surface area contributed by atoms with E-state index in [4.69, 9.17) is 23.7 Å². The zero-order valence-electron chi connectivity index (χ0n) is 21.4. The Morgan fingerprint density at radius 1 is 0.821 bits per heavy atom. The predicted octanol–water partition coefficient (Wildman–Crippen LogP) is -4.42. The van der Waals surface area contributed by atoms with Crippen molar-refractivity contribution in [3.05, 3.63) is 12.2 Å². The second-order valence-corrected chi connectivity index (χ2v) is 9.75. The average molecular weight is 567 g/mol. The predicted molar refractivity (Wildman–Crippen MR) is 127 cm³/mol. The van der Waals surface area contributed by atoms with Crippen LogP contribution in [-0.4, -0.2) is 148 Å². The number of aliphatic hydroxyl groups excluding tert-OH is 7. The summed E-state index contributed by atoms with van der Waals surface area (Å²) in [5.74, 6) is -0.608. The molecule has 0 aromatic heterocycles. The van der Waals surface area contributed by atoms with E-state index in [0.717, 1.165) is 0 Å². The van der Waals surface area contributed by atoms with Crippen molar-refractivity contribution in [1.82, 2.24) is 10.6 Å². The van der Waals surface area contributed by atoms with Gasteiger partial charge in [0.05, 0.1) is 32.0 Å². The van der Waals surface area contributed by atoms with Crippen LogP contribution in [0.5, 0.6) is 0 Å². The van der Waals surface area contributed by atoms with E-state index in [1.165, 1.54) is 6.92 Å². The fraction of sp³-hybridized carbons (Fsp3) is 0.826. The van der Waals surface area contributed by atoms with Crippen molar-refractivity contribution in [2.75, 3.05) is 26.4 Å². The van der Waals surface area contributed by atoms with Gasteiger partial charge in [0, 0.05) is 5.57 Å². The highest BCUT2D eigenvalue weighted by atomic mass is 16.7. The lowest BCUT2D eigenvalue weighted by atomic mass is 9.89. The molecule has 16 heteroatoms. The van der Waals surface area contributed by atoms with E-state index in [1.54, 1.807) is 0 Å². The highest BCUT2D eigenvalue weighted by Crippen LogP contribution is 2.28. The minimum absolute atomic E-state index is 0.0336. The summed E-state index contributed by atoms with van der Waals surface area (Å²) in [6.07, 6.45) is -15.9. The molecule has 0 spiro atoms. The highest BCUT2D eigenvalue weighted by molar-refractivity contribution is 5.86. The number of carbonyl (C=O) groups is 2. The quantitative estimate of drug-likeness (QED) is 0.0726. The number of hydrogen-bond acceptors (Lipinski definition) is 14. The second-order valence-electron chi connectivity index (χ2n) is 9.75. The molecular weight excluding hydrogens is 528 g/mol. The number of urea groups is 1. The highest BCUT2D eigenvalue weighted by Gasteiger charge is 2.47. The molecule has 12 atom stereocenters. The van der Waals surface area contributed by atoms with Gasteiger partial charge < -0.3 is 70.1 Å². The number of ether oxygens (including phenoxy) is 5. The number of hydrogen-bond donors (Lipinski definition) is 9. The van der Waals surface area contributed by atoms with Crippen LogP contribution in [0.25, 0.3) is 0 Å². The Kier molecular flexibility index (Phi) is 11.4. The molecule has 12 unspecified atom stereocenters. The molecule has 0 radical (unpaired) electrons. The normalized spacial score (nSPS) is 40.9. The summed E-state index contributed by atoms with van der Waals surface area (Å²) in [5.41, 5.74) is 0.208. The molecule has 1 aliphatic carbocycles. The van der Waals surface area contributed by atoms with Gasteiger partial charge in [0.25, 0.3) is 0 Å². The zero-order chi connectivity index (χ0) is 28.9. The monoisotopic (exact) mass is 566 g/mol. The van der Waals surface area contributed by atoms with E-state index < -0.39 is 85.6 Å². The van der Waals surface area contributed by atoms with Gasteiger partial charge in [0.2, 0.25) is 0 Å². The molecule has 3 rings (SSSR count). The van der Waals surface area contributed by atoms with Crippen molar-refractivity contribution in [2.45, 2.75) is 93.3 Å². The zero-order valence-corrected chi connectivity index (χ0v) is 21.4. The standard InChI is InChI=1S/C23H38N2O14/c1-9(2)21(33)35-6-5-24-23(34)25-20-18(31)16(29)13(7-36-20)39-22-19(32)17(30)12(8-37-22)38-11-4-3-10(26)14(27)15(11)28/h10-20,22,26-32H,1,3-8H2,2H3,(H2,24,25,34). The molecule has 3 aliphatic rings. The topological polar surface area (TPSA) is 246 Å². The average Bonchev–Trinajstić information content (AvgIpc) is 2.90. The van der Waals surface area contributed by atoms with Crippen molar-refractivity contribution in [2.24, 2.45) is 0 Å². The molecule has 2 heterocycles. The summed E-state index contributed by atoms with van der Waals surface area (Å²) in [4.78, 5) is 23.3. The van der Waals surface area contributed by atoms with Crippen LogP contribution in [0.2, 0.25) is 0 Å². The van der Waals surface area contributed by atoms with E-state index in [2.05, 4.69) is 17.2 Å². The SMILES string of the molecule is C=C(C)C(=O)OCCNC(=O)NC1OCC(OC2OCC(OC3CCC(O)C(O)C3O)C(O)C2O)C(O)C1O. The van der Waals surface area contributed by atoms with Crippen LogP contribution < -0.4 is 10.6 Å². The first-order valence-electron chi connectivity index (χ1n) is 12.6. The molecule has 0 aromatic rings. The molecular formula is C23H38N2O14. The molecule has 224 valence electrons. The first-order chi connectivity index (χ1) is 18.4. The van der Waals surface area contributed by atoms with Gasteiger partial charge in [0.1, 0.15) is 55.4 Å². The van der Waals surface area contributed by atoms with E-state index >= 15 is 0 Å². The van der Waals surface area contributed by atoms with Gasteiger partial charge in [-0.1, -0.05) is 6.58 Å². The van der Waals surface area contributed by atoms with Crippen LogP contribution in [0.3, 0.4) is 0 Å². The summed E-state index contributed by atoms with van der Waals surface area (Å²) in [5, 5.41) is 76.2. The Labute approximate surface area is 224 Å². The van der Waals surface area contributed by atoms with Crippen molar-refractivity contribution in [3.8, 4) is 0 Å². The summed E-state index contributed by atoms with van der Waals surface area (Å²) >= 11 is 0. The lowest BCUT2D eigenvalue weighted by Crippen LogP contribution is -2.63. The van der Waals surface area contributed by atoms with E-state index in [0.29, 0.717) is 0 Å². The first kappa shape index (κ1) is 31.6. The molecule has 39 heavy (non-hydrogen) atoms. The van der Waals surface area contributed by atoms with Gasteiger partial charge in [0.15, 0.2) is 12.5 Å². The Morgan fingerprint density at radius 3 is 2.13 bits per heavy atom. The minimum Gasteiger partial charge on any atom is -0.460 e. The Bertz CT molecular complexity index is 848. The molecule has 1 saturated carbocycles. The Hall–Kier alpha value is -1.96. The molecule has 3 fully saturated rings. The third kappa shape index (κ3) is 8.05. The molecule has 0 aromatic carbocycles. The fourth-order valence-electron chi connectivity index (χ4n) is 4.33. The Morgan fingerprint density at radius 2 is 1.44 bits per heavy atom. The second kappa shape index (κ2) is 14.1. The van der Waals surface area contributed by atoms with Crippen molar-refractivity contribution < 1.29 is 69.0 Å². The number of aliphatic hydroxyl groups is 7. The Balaban J connectivity index is 1.43. The number of nitrogens with one attached hydrogen (secondary N) is 2. The summed E-state index contributed by atoms with van der Waals surface area (Å²) in [6.45, 7) is 4.16. The van der Waals surface area contributed by atoms with Gasteiger partial charge in [-0.25, -0.2) is 9.59 Å². The van der Waals surface area contributed by atoms with E-state index in [9.17, 15) is 45.3 Å². The van der Waals surface area contributed by atoms with Crippen molar-refractivity contribution in [1.29, 1.82) is 0 Å². The van der Waals surface area contributed by atoms with Crippen LogP contribution in [0.1, 0.15) is 19.8 Å². The van der Waals surface area contributed by atoms with Crippen LogP contribution in [0, 0.1) is 0 Å². The maximum absolute atomic E-state index is 12.0. The maximum atomic E-state index is 12.0. The molecule has 2 aliphatic heterocycles. The largest absolute Gasteiger partial charge is 0.460 e. The summed E-state index contributed by atoms with van der Waals surface area (Å²) < 4.78 is 26.8. The van der Waals surface area contributed by atoms with Crippen molar-refractivity contribution >= 4 is 12.0 Å². The van der Waals surface area contributed by atoms with Crippen LogP contribution in [-0.2, 0) is 28.5 Å². The van der Waals surface area contributed by atoms with E-state index in [1.807, 2.05) is 0 Å². The molecule has 9 N–H and O–H groups in total. The third-order valence-corrected chi connectivity index (χ3v) is 6.69. The van der Waals surface area contributed by atoms with Gasteiger partial charge in [-0.3, -0.25) is 0 Å². The van der Waals surface area contributed by atoms with Gasteiger partial charge >= 0.3 is 12.0 Å². The number of carbonyl (C=O) groups excluding carboxylic acids is 2. The lowest BCUT2D eigenvalue weighted by Gasteiger charge is -2.44. The molecule has 2 amide bonds. The first-order valence-corrected chi connectivity index (χ1v) is 12.6. The van der Waals surface area contributed by atoms with Crippen LogP contribution in [0.15, 0.2) is 12.2 Å². The molecule has 2 saturated heterocycles. The third-order valence-electron chi connectivity index (χ3n) is 6.69. The van der Waals surface area contributed by atoms with Crippen molar-refractivity contribution in [3.63, 3.8) is 0 Å². The van der Waals surface area contributed by atoms with E-state index in [-0.39, 0.29) is 44.8 Å². The minimum atomic E-state index is -1.65. The lowest BCUT2D eigenvalue weighted by molar-refractivity contribution is -0.320. The number of rotatable bonds is 9. The molecule has 0 bridgehead atoms. The summed E-state index contributed by atoms with van der Waals surface area (Å²) in [7, 11) is 0. The fourth-order valence-corrected chi connectivity index (χ4v) is 4.33. The number of esters is 1. The summed E-state index contributed by atoms with van der Waals surface area (Å²) in [6, 6.07) is -0.762. The van der Waals surface area contributed by atoms with Gasteiger partial charge in [-0.2, -0.15) is 0 Å². The maximum Gasteiger partial charge on any atom is 0.333 e. The van der Waals surface area contributed by atoms with Crippen LogP contribution in [0.4, 0.5) is 4.79 Å². The van der Waals surface area contributed by atoms with Crippen LogP contribution >= 0.6 is 0 Å². The van der Waals surface area contributed by atoms with Gasteiger partial charge in [-0.05, 0) is 19.8 Å². The van der Waals surface area contributed by atoms with Gasteiger partial charge in [-0.15, -0.1) is 0 Å². The smallest absolute Gasteiger partial charge is 0.333 e. The number of amides is 2. The molecule has 16 nitrogen and oxygen atoms in total.